The lowest BCUT2D eigenvalue weighted by molar-refractivity contribution is -0.152. The van der Waals surface area contributed by atoms with Gasteiger partial charge in [0, 0.05) is 24.5 Å². The van der Waals surface area contributed by atoms with Gasteiger partial charge in [0.05, 0.1) is 6.10 Å². The summed E-state index contributed by atoms with van der Waals surface area (Å²) in [4.78, 5) is 12.1. The average molecular weight is 317 g/mol. The number of carbonyl (C=O) groups excluding carboxylic acids is 1. The molecule has 0 bridgehead atoms. The van der Waals surface area contributed by atoms with E-state index in [1.165, 1.54) is 12.8 Å². The molecular formula is C20H31NO2. The number of hydrogen-bond donors (Lipinski definition) is 2. The van der Waals surface area contributed by atoms with E-state index in [1.807, 2.05) is 0 Å². The molecule has 7 atom stereocenters. The summed E-state index contributed by atoms with van der Waals surface area (Å²) < 4.78 is 0. The van der Waals surface area contributed by atoms with Crippen molar-refractivity contribution in [3.63, 3.8) is 0 Å². The Balaban J connectivity index is 1.71. The van der Waals surface area contributed by atoms with Gasteiger partial charge in [-0.05, 0) is 73.5 Å². The van der Waals surface area contributed by atoms with Crippen LogP contribution >= 0.6 is 0 Å². The van der Waals surface area contributed by atoms with E-state index in [2.05, 4.69) is 13.8 Å². The summed E-state index contributed by atoms with van der Waals surface area (Å²) in [7, 11) is 0. The summed E-state index contributed by atoms with van der Waals surface area (Å²) in [6.45, 7) is 4.70. The molecule has 4 aliphatic carbocycles. The van der Waals surface area contributed by atoms with Gasteiger partial charge < -0.3 is 10.5 Å². The zero-order valence-electron chi connectivity index (χ0n) is 14.6. The maximum atomic E-state index is 12.1. The average Bonchev–Trinajstić information content (AvgIpc) is 2.84. The van der Waals surface area contributed by atoms with Crippen LogP contribution in [-0.4, -0.2) is 23.2 Å². The van der Waals surface area contributed by atoms with Crippen molar-refractivity contribution in [3.05, 3.63) is 0 Å². The molecule has 0 aromatic carbocycles. The molecule has 0 aromatic heterocycles. The molecule has 128 valence electrons. The number of rotatable bonds is 1. The number of aliphatic hydroxyl groups is 1. The molecule has 4 aliphatic rings. The zero-order chi connectivity index (χ0) is 16.5. The lowest BCUT2D eigenvalue weighted by atomic mass is 9.40. The van der Waals surface area contributed by atoms with E-state index in [1.54, 1.807) is 6.21 Å². The van der Waals surface area contributed by atoms with Crippen molar-refractivity contribution >= 4 is 12.0 Å². The summed E-state index contributed by atoms with van der Waals surface area (Å²) in [5.41, 5.74) is 0.0433. The maximum Gasteiger partial charge on any atom is 0.133 e. The van der Waals surface area contributed by atoms with Gasteiger partial charge in [-0.15, -0.1) is 0 Å². The molecule has 0 spiro atoms. The second kappa shape index (κ2) is 4.91. The smallest absolute Gasteiger partial charge is 0.133 e. The van der Waals surface area contributed by atoms with Crippen molar-refractivity contribution in [2.75, 3.05) is 0 Å². The Bertz CT molecular complexity index is 546. The Hall–Kier alpha value is -0.700. The van der Waals surface area contributed by atoms with Crippen molar-refractivity contribution in [2.45, 2.75) is 77.7 Å². The molecule has 0 heterocycles. The number of nitrogens with one attached hydrogen (secondary N) is 1. The number of aliphatic hydroxyl groups excluding tert-OH is 1. The van der Waals surface area contributed by atoms with Crippen molar-refractivity contribution in [2.24, 2.45) is 34.0 Å². The third kappa shape index (κ3) is 1.86. The summed E-state index contributed by atoms with van der Waals surface area (Å²) in [5.74, 6) is 2.34. The second-order valence-electron chi connectivity index (χ2n) is 9.49. The molecule has 4 fully saturated rings. The molecule has 4 saturated carbocycles. The molecule has 23 heavy (non-hydrogen) atoms. The van der Waals surface area contributed by atoms with Gasteiger partial charge in [-0.1, -0.05) is 13.8 Å². The number of Topliss-reactive ketones (excluding diaryl/α,β-unsaturated/α-hetero) is 1. The number of ketones is 1. The second-order valence-corrected chi connectivity index (χ2v) is 9.49. The van der Waals surface area contributed by atoms with E-state index in [-0.39, 0.29) is 22.3 Å². The highest BCUT2D eigenvalue weighted by atomic mass is 16.3. The van der Waals surface area contributed by atoms with Gasteiger partial charge in [-0.2, -0.15) is 0 Å². The Morgan fingerprint density at radius 3 is 2.61 bits per heavy atom. The molecule has 2 N–H and O–H groups in total. The van der Waals surface area contributed by atoms with Crippen molar-refractivity contribution in [1.29, 1.82) is 5.41 Å². The van der Waals surface area contributed by atoms with Gasteiger partial charge in [-0.25, -0.2) is 0 Å². The van der Waals surface area contributed by atoms with Crippen LogP contribution in [0.1, 0.15) is 71.6 Å². The van der Waals surface area contributed by atoms with Crippen molar-refractivity contribution in [3.8, 4) is 0 Å². The van der Waals surface area contributed by atoms with E-state index >= 15 is 0 Å². The van der Waals surface area contributed by atoms with Gasteiger partial charge in [-0.3, -0.25) is 4.79 Å². The molecule has 0 saturated heterocycles. The van der Waals surface area contributed by atoms with Gasteiger partial charge in [0.2, 0.25) is 0 Å². The minimum Gasteiger partial charge on any atom is -0.393 e. The normalized spacial score (nSPS) is 55.7. The molecular weight excluding hydrogens is 286 g/mol. The van der Waals surface area contributed by atoms with Gasteiger partial charge in [0.15, 0.2) is 0 Å². The van der Waals surface area contributed by atoms with Crippen LogP contribution in [-0.2, 0) is 4.79 Å². The number of carbonyl (C=O) groups is 1. The molecule has 0 radical (unpaired) electrons. The van der Waals surface area contributed by atoms with Gasteiger partial charge >= 0.3 is 0 Å². The van der Waals surface area contributed by atoms with E-state index < -0.39 is 0 Å². The van der Waals surface area contributed by atoms with E-state index in [0.717, 1.165) is 32.1 Å². The highest BCUT2D eigenvalue weighted by Gasteiger charge is 2.64. The standard InChI is InChI=1S/C20H31NO2/c1-18-8-7-16-14(15(18)3-4-17(18)23)6-10-20(12-21)11-13(22)5-9-19(16,20)2/h12,14-17,21,23H,3-11H2,1-2H3/t14-,15-,16-,17?,18-,19+,20?/m0/s1. The van der Waals surface area contributed by atoms with Crippen LogP contribution in [0.25, 0.3) is 0 Å². The molecule has 0 aromatic rings. The van der Waals surface area contributed by atoms with E-state index in [9.17, 15) is 9.90 Å². The molecule has 3 heteroatoms. The molecule has 2 unspecified atom stereocenters. The maximum absolute atomic E-state index is 12.1. The largest absolute Gasteiger partial charge is 0.393 e. The zero-order valence-corrected chi connectivity index (χ0v) is 14.6. The van der Waals surface area contributed by atoms with Crippen LogP contribution in [0.3, 0.4) is 0 Å². The van der Waals surface area contributed by atoms with Crippen LogP contribution in [0.15, 0.2) is 0 Å². The Labute approximate surface area is 139 Å². The van der Waals surface area contributed by atoms with Crippen LogP contribution in [0.4, 0.5) is 0 Å². The summed E-state index contributed by atoms with van der Waals surface area (Å²) in [6.07, 6.45) is 10.4. The third-order valence-corrected chi connectivity index (χ3v) is 8.98. The summed E-state index contributed by atoms with van der Waals surface area (Å²) in [5, 5.41) is 18.7. The fourth-order valence-corrected chi connectivity index (χ4v) is 7.38. The van der Waals surface area contributed by atoms with Gasteiger partial charge in [0.1, 0.15) is 5.78 Å². The Kier molecular flexibility index (Phi) is 3.37. The molecule has 0 aliphatic heterocycles. The minimum atomic E-state index is -0.186. The van der Waals surface area contributed by atoms with E-state index in [0.29, 0.717) is 36.4 Å². The quantitative estimate of drug-likeness (QED) is 0.719. The van der Waals surface area contributed by atoms with Crippen LogP contribution in [0, 0.1) is 39.4 Å². The first-order chi connectivity index (χ1) is 10.9. The van der Waals surface area contributed by atoms with Gasteiger partial charge in [0.25, 0.3) is 0 Å². The fraction of sp³-hybridized carbons (Fsp3) is 0.900. The summed E-state index contributed by atoms with van der Waals surface area (Å²) >= 11 is 0. The lowest BCUT2D eigenvalue weighted by Gasteiger charge is -2.63. The summed E-state index contributed by atoms with van der Waals surface area (Å²) in [6, 6.07) is 0. The van der Waals surface area contributed by atoms with E-state index in [4.69, 9.17) is 5.41 Å². The molecule has 3 nitrogen and oxygen atoms in total. The first-order valence-electron chi connectivity index (χ1n) is 9.58. The lowest BCUT2D eigenvalue weighted by Crippen LogP contribution is -2.59. The highest BCUT2D eigenvalue weighted by molar-refractivity contribution is 5.85. The first-order valence-corrected chi connectivity index (χ1v) is 9.58. The Morgan fingerprint density at radius 1 is 1.09 bits per heavy atom. The number of fused-ring (bicyclic) bond motifs is 5. The van der Waals surface area contributed by atoms with Crippen molar-refractivity contribution in [1.82, 2.24) is 0 Å². The predicted octanol–water partition coefficient (Wildman–Crippen LogP) is 3.98. The molecule has 4 rings (SSSR count). The van der Waals surface area contributed by atoms with Crippen LogP contribution < -0.4 is 0 Å². The monoisotopic (exact) mass is 317 g/mol. The predicted molar refractivity (Wildman–Crippen MR) is 90.5 cm³/mol. The highest BCUT2D eigenvalue weighted by Crippen LogP contribution is 2.69. The fourth-order valence-electron chi connectivity index (χ4n) is 7.38. The number of hydrogen-bond acceptors (Lipinski definition) is 3. The van der Waals surface area contributed by atoms with Crippen molar-refractivity contribution < 1.29 is 9.90 Å². The third-order valence-electron chi connectivity index (χ3n) is 8.98. The van der Waals surface area contributed by atoms with Crippen LogP contribution in [0.5, 0.6) is 0 Å². The van der Waals surface area contributed by atoms with Crippen LogP contribution in [0.2, 0.25) is 0 Å². The Morgan fingerprint density at radius 2 is 1.87 bits per heavy atom. The molecule has 0 amide bonds. The topological polar surface area (TPSA) is 61.2 Å². The first kappa shape index (κ1) is 15.8. The minimum absolute atomic E-state index is 0.112. The SMILES string of the molecule is C[C@]12CC[C@H]3[C@@H](CCC4(C=N)CC(=O)CC[C@]34C)[C@@H]1CCC2O.